The molecule has 0 aliphatic carbocycles. The minimum Gasteiger partial charge on any atom is -0.357 e. The minimum absolute atomic E-state index is 0. The van der Waals surface area contributed by atoms with E-state index < -0.39 is 0 Å². The molecule has 5 nitrogen and oxygen atoms in total. The molecule has 2 heterocycles. The summed E-state index contributed by atoms with van der Waals surface area (Å²) in [6, 6.07) is 3.34. The fraction of sp³-hybridized carbons (Fsp3) is 0.667. The molecule has 0 amide bonds. The van der Waals surface area contributed by atoms with Crippen LogP contribution in [0.15, 0.2) is 23.3 Å². The second-order valence-electron chi connectivity index (χ2n) is 6.68. The van der Waals surface area contributed by atoms with Crippen LogP contribution >= 0.6 is 24.0 Å². The van der Waals surface area contributed by atoms with Crippen molar-refractivity contribution in [3.8, 4) is 0 Å². The Balaban J connectivity index is 0.00000312. The van der Waals surface area contributed by atoms with Gasteiger partial charge in [0.2, 0.25) is 0 Å². The zero-order chi connectivity index (χ0) is 17.4. The van der Waals surface area contributed by atoms with Gasteiger partial charge in [0.25, 0.3) is 0 Å². The summed E-state index contributed by atoms with van der Waals surface area (Å²) >= 11 is 0. The Morgan fingerprint density at radius 2 is 2.28 bits per heavy atom. The van der Waals surface area contributed by atoms with Crippen molar-refractivity contribution in [2.24, 2.45) is 10.9 Å². The van der Waals surface area contributed by atoms with Crippen molar-refractivity contribution < 1.29 is 4.39 Å². The molecule has 1 aliphatic rings. The molecule has 0 spiro atoms. The number of aliphatic imine (C=N–C) groups is 1. The van der Waals surface area contributed by atoms with E-state index in [1.807, 2.05) is 4.90 Å². The number of hydrogen-bond acceptors (Lipinski definition) is 3. The van der Waals surface area contributed by atoms with E-state index in [4.69, 9.17) is 0 Å². The van der Waals surface area contributed by atoms with Crippen molar-refractivity contribution in [1.29, 1.82) is 0 Å². The predicted molar refractivity (Wildman–Crippen MR) is 113 cm³/mol. The highest BCUT2D eigenvalue weighted by Gasteiger charge is 2.25. The van der Waals surface area contributed by atoms with Crippen LogP contribution in [0.4, 0.5) is 10.2 Å². The maximum atomic E-state index is 13.9. The lowest BCUT2D eigenvalue weighted by atomic mass is 10.1. The lowest BCUT2D eigenvalue weighted by Crippen LogP contribution is -2.44. The largest absolute Gasteiger partial charge is 0.357 e. The van der Waals surface area contributed by atoms with Crippen molar-refractivity contribution in [2.75, 3.05) is 31.1 Å². The van der Waals surface area contributed by atoms with Gasteiger partial charge >= 0.3 is 0 Å². The predicted octanol–water partition coefficient (Wildman–Crippen LogP) is 3.41. The number of nitrogens with one attached hydrogen (secondary N) is 2. The van der Waals surface area contributed by atoms with E-state index in [2.05, 4.69) is 41.4 Å². The number of guanidine groups is 1. The van der Waals surface area contributed by atoms with Crippen LogP contribution in [0.5, 0.6) is 0 Å². The minimum atomic E-state index is -0.257. The molecular weight excluding hydrogens is 432 g/mol. The third-order valence-corrected chi connectivity index (χ3v) is 4.12. The molecule has 1 aromatic heterocycles. The van der Waals surface area contributed by atoms with Gasteiger partial charge in [-0.05, 0) is 44.2 Å². The first-order valence-corrected chi connectivity index (χ1v) is 9.00. The number of nitrogens with zero attached hydrogens (tertiary/aromatic N) is 3. The van der Waals surface area contributed by atoms with Crippen molar-refractivity contribution >= 4 is 35.8 Å². The van der Waals surface area contributed by atoms with Crippen molar-refractivity contribution in [1.82, 2.24) is 15.6 Å². The first-order chi connectivity index (χ1) is 11.6. The fourth-order valence-electron chi connectivity index (χ4n) is 2.88. The Kier molecular flexibility index (Phi) is 10.1. The van der Waals surface area contributed by atoms with E-state index in [1.54, 1.807) is 12.3 Å². The van der Waals surface area contributed by atoms with Crippen LogP contribution in [0.3, 0.4) is 0 Å². The van der Waals surface area contributed by atoms with Crippen LogP contribution in [-0.4, -0.2) is 43.2 Å². The van der Waals surface area contributed by atoms with E-state index in [0.717, 1.165) is 45.0 Å². The third kappa shape index (κ3) is 7.33. The van der Waals surface area contributed by atoms with Gasteiger partial charge < -0.3 is 15.5 Å². The van der Waals surface area contributed by atoms with Crippen LogP contribution in [0.1, 0.15) is 40.0 Å². The summed E-state index contributed by atoms with van der Waals surface area (Å²) < 4.78 is 13.9. The molecule has 1 aliphatic heterocycles. The lowest BCUT2D eigenvalue weighted by molar-refractivity contribution is 0.559. The molecule has 142 valence electrons. The second kappa shape index (κ2) is 11.5. The molecule has 0 radical (unpaired) electrons. The Hall–Kier alpha value is -1.12. The van der Waals surface area contributed by atoms with Gasteiger partial charge in [0, 0.05) is 38.4 Å². The van der Waals surface area contributed by atoms with Crippen LogP contribution in [0.25, 0.3) is 0 Å². The Morgan fingerprint density at radius 3 is 2.96 bits per heavy atom. The van der Waals surface area contributed by atoms with Crippen molar-refractivity contribution in [3.05, 3.63) is 24.1 Å². The molecular formula is C18H31FIN5. The van der Waals surface area contributed by atoms with Crippen LogP contribution in [0, 0.1) is 11.7 Å². The molecule has 1 unspecified atom stereocenters. The standard InChI is InChI=1S/C18H30FN5.HI/c1-4-20-18(22-11-5-7-14(2)3)23-15-9-12-24(13-15)17-16(19)8-6-10-21-17;/h6,8,10,14-15H,4-5,7,9,11-13H2,1-3H3,(H2,20,22,23);1H. The number of aromatic nitrogens is 1. The van der Waals surface area contributed by atoms with Gasteiger partial charge in [-0.1, -0.05) is 13.8 Å². The zero-order valence-corrected chi connectivity index (χ0v) is 17.8. The van der Waals surface area contributed by atoms with Gasteiger partial charge in [-0.25, -0.2) is 9.37 Å². The Labute approximate surface area is 167 Å². The number of pyridine rings is 1. The molecule has 1 saturated heterocycles. The van der Waals surface area contributed by atoms with Crippen molar-refractivity contribution in [3.63, 3.8) is 0 Å². The summed E-state index contributed by atoms with van der Waals surface area (Å²) in [5, 5.41) is 6.77. The molecule has 1 aromatic rings. The monoisotopic (exact) mass is 463 g/mol. The van der Waals surface area contributed by atoms with E-state index in [0.29, 0.717) is 11.7 Å². The van der Waals surface area contributed by atoms with E-state index in [1.165, 1.54) is 12.5 Å². The molecule has 2 N–H and O–H groups in total. The summed E-state index contributed by atoms with van der Waals surface area (Å²) in [5.41, 5.74) is 0. The lowest BCUT2D eigenvalue weighted by Gasteiger charge is -2.20. The van der Waals surface area contributed by atoms with Gasteiger partial charge in [0.15, 0.2) is 17.6 Å². The summed E-state index contributed by atoms with van der Waals surface area (Å²) in [4.78, 5) is 10.8. The molecule has 1 atom stereocenters. The zero-order valence-electron chi connectivity index (χ0n) is 15.5. The smallest absolute Gasteiger partial charge is 0.191 e. The maximum Gasteiger partial charge on any atom is 0.191 e. The fourth-order valence-corrected chi connectivity index (χ4v) is 2.88. The second-order valence-corrected chi connectivity index (χ2v) is 6.68. The average Bonchev–Trinajstić information content (AvgIpc) is 3.00. The molecule has 0 bridgehead atoms. The number of halogens is 2. The summed E-state index contributed by atoms with van der Waals surface area (Å²) in [5.74, 6) is 1.76. The Bertz CT molecular complexity index is 538. The maximum absolute atomic E-state index is 13.9. The number of rotatable bonds is 7. The van der Waals surface area contributed by atoms with E-state index in [-0.39, 0.29) is 35.8 Å². The summed E-state index contributed by atoms with van der Waals surface area (Å²) in [6.07, 6.45) is 4.88. The van der Waals surface area contributed by atoms with Gasteiger partial charge in [-0.2, -0.15) is 0 Å². The van der Waals surface area contributed by atoms with E-state index in [9.17, 15) is 4.39 Å². The molecule has 0 saturated carbocycles. The van der Waals surface area contributed by atoms with E-state index >= 15 is 0 Å². The Morgan fingerprint density at radius 1 is 1.48 bits per heavy atom. The number of hydrogen-bond donors (Lipinski definition) is 2. The summed E-state index contributed by atoms with van der Waals surface area (Å²) in [7, 11) is 0. The van der Waals surface area contributed by atoms with Crippen LogP contribution in [-0.2, 0) is 0 Å². The molecule has 2 rings (SSSR count). The molecule has 25 heavy (non-hydrogen) atoms. The molecule has 0 aromatic carbocycles. The highest BCUT2D eigenvalue weighted by molar-refractivity contribution is 14.0. The van der Waals surface area contributed by atoms with Gasteiger partial charge in [0.05, 0.1) is 0 Å². The van der Waals surface area contributed by atoms with Gasteiger partial charge in [-0.3, -0.25) is 4.99 Å². The quantitative estimate of drug-likeness (QED) is 0.282. The SMILES string of the molecule is CCNC(=NCCCC(C)C)NC1CCN(c2ncccc2F)C1.I. The van der Waals surface area contributed by atoms with Gasteiger partial charge in [-0.15, -0.1) is 24.0 Å². The number of anilines is 1. The molecule has 7 heteroatoms. The first-order valence-electron chi connectivity index (χ1n) is 9.00. The first kappa shape index (κ1) is 21.9. The molecule has 1 fully saturated rings. The average molecular weight is 463 g/mol. The van der Waals surface area contributed by atoms with Crippen molar-refractivity contribution in [2.45, 2.75) is 46.1 Å². The summed E-state index contributed by atoms with van der Waals surface area (Å²) in [6.45, 7) is 9.74. The topological polar surface area (TPSA) is 52.6 Å². The van der Waals surface area contributed by atoms with Gasteiger partial charge in [0.1, 0.15) is 0 Å². The highest BCUT2D eigenvalue weighted by atomic mass is 127. The van der Waals surface area contributed by atoms with Crippen LogP contribution < -0.4 is 15.5 Å². The highest BCUT2D eigenvalue weighted by Crippen LogP contribution is 2.20. The van der Waals surface area contributed by atoms with Crippen LogP contribution in [0.2, 0.25) is 0 Å². The normalized spacial score (nSPS) is 17.6. The third-order valence-electron chi connectivity index (χ3n) is 4.12.